The molecule has 0 aliphatic rings. The normalized spacial score (nSPS) is 10.8. The van der Waals surface area contributed by atoms with E-state index in [4.69, 9.17) is 0 Å². The highest BCUT2D eigenvalue weighted by Gasteiger charge is 2.32. The molecule has 6 heteroatoms. The van der Waals surface area contributed by atoms with Crippen molar-refractivity contribution in [2.24, 2.45) is 0 Å². The molecule has 6 nitrogen and oxygen atoms in total. The molecule has 176 valence electrons. The first-order valence-electron chi connectivity index (χ1n) is 12.2. The van der Waals surface area contributed by atoms with Crippen molar-refractivity contribution in [2.45, 2.75) is 6.67 Å². The summed E-state index contributed by atoms with van der Waals surface area (Å²) < 4.78 is 8.76. The van der Waals surface area contributed by atoms with Gasteiger partial charge in [0, 0.05) is 60.9 Å². The number of nitrogens with zero attached hydrogens (tertiary/aromatic N) is 6. The lowest BCUT2D eigenvalue weighted by atomic mass is 10.2. The molecule has 0 radical (unpaired) electrons. The van der Waals surface area contributed by atoms with E-state index in [1.54, 1.807) is 0 Å². The molecular weight excluding hydrogens is 456 g/mol. The lowest BCUT2D eigenvalue weighted by Crippen LogP contribution is -2.68. The Morgan fingerprint density at radius 3 is 1.49 bits per heavy atom. The molecule has 0 aliphatic carbocycles. The Hall–Kier alpha value is -5.10. The average molecular weight is 483 g/mol. The van der Waals surface area contributed by atoms with Gasteiger partial charge in [0.1, 0.15) is 11.4 Å². The average Bonchev–Trinajstić information content (AvgIpc) is 2.99. The molecule has 0 aromatic carbocycles. The summed E-state index contributed by atoms with van der Waals surface area (Å²) in [6.07, 6.45) is 12.0. The molecule has 6 aromatic heterocycles. The predicted molar refractivity (Wildman–Crippen MR) is 138 cm³/mol. The maximum Gasteiger partial charge on any atom is 0.347 e. The van der Waals surface area contributed by atoms with E-state index in [2.05, 4.69) is 102 Å². The minimum absolute atomic E-state index is 0.629. The lowest BCUT2D eigenvalue weighted by Gasteiger charge is -2.04. The molecule has 0 unspecified atom stereocenters. The van der Waals surface area contributed by atoms with Gasteiger partial charge in [0.15, 0.2) is 12.4 Å². The third kappa shape index (κ3) is 4.60. The highest BCUT2D eigenvalue weighted by Crippen LogP contribution is 2.14. The van der Waals surface area contributed by atoms with E-state index >= 15 is 0 Å². The fourth-order valence-electron chi connectivity index (χ4n) is 4.51. The molecule has 0 saturated carbocycles. The zero-order chi connectivity index (χ0) is 24.9. The van der Waals surface area contributed by atoms with Gasteiger partial charge in [-0.05, 0) is 48.5 Å². The molecule has 0 amide bonds. The highest BCUT2D eigenvalue weighted by molar-refractivity contribution is 5.50. The van der Waals surface area contributed by atoms with E-state index in [1.165, 1.54) is 0 Å². The van der Waals surface area contributed by atoms with Crippen LogP contribution in [0.1, 0.15) is 0 Å². The van der Waals surface area contributed by atoms with Crippen LogP contribution < -0.4 is 18.5 Å². The molecule has 0 N–H and O–H groups in total. The lowest BCUT2D eigenvalue weighted by molar-refractivity contribution is -1.29. The third-order valence-electron chi connectivity index (χ3n) is 6.21. The van der Waals surface area contributed by atoms with Gasteiger partial charge >= 0.3 is 18.1 Å². The molecule has 0 fully saturated rings. The van der Waals surface area contributed by atoms with Crippen molar-refractivity contribution in [2.75, 3.05) is 0 Å². The summed E-state index contributed by atoms with van der Waals surface area (Å²) >= 11 is 0. The van der Waals surface area contributed by atoms with Gasteiger partial charge in [-0.2, -0.15) is 0 Å². The minimum atomic E-state index is 0.629. The molecule has 0 bridgehead atoms. The van der Waals surface area contributed by atoms with Crippen molar-refractivity contribution in [3.63, 3.8) is 0 Å². The van der Waals surface area contributed by atoms with Crippen LogP contribution in [0.3, 0.4) is 0 Å². The Labute approximate surface area is 215 Å². The van der Waals surface area contributed by atoms with Gasteiger partial charge in [0.25, 0.3) is 5.69 Å². The Bertz CT molecular complexity index is 1650. The number of pyridine rings is 6. The van der Waals surface area contributed by atoms with Crippen LogP contribution in [0, 0.1) is 0 Å². The third-order valence-corrected chi connectivity index (χ3v) is 6.21. The number of hydrogen-bond acceptors (Lipinski definition) is 2. The van der Waals surface area contributed by atoms with Crippen molar-refractivity contribution in [3.05, 3.63) is 146 Å². The Morgan fingerprint density at radius 1 is 0.405 bits per heavy atom. The minimum Gasteiger partial charge on any atom is -0.250 e. The number of aromatic nitrogens is 6. The second kappa shape index (κ2) is 10.3. The summed E-state index contributed by atoms with van der Waals surface area (Å²) in [5.41, 5.74) is 6.03. The van der Waals surface area contributed by atoms with E-state index in [0.717, 1.165) is 34.2 Å². The summed E-state index contributed by atoms with van der Waals surface area (Å²) in [5.74, 6) is 0. The SMILES string of the molecule is c1ccc(-c2cccc[n+]2C[n+]2ccccc2-c2cccc[n+]2-[n+]2ccccc2-c2ccccn2)nc1. The van der Waals surface area contributed by atoms with Gasteiger partial charge in [-0.1, -0.05) is 12.1 Å². The van der Waals surface area contributed by atoms with Crippen LogP contribution in [0.25, 0.3) is 34.2 Å². The predicted octanol–water partition coefficient (Wildman–Crippen LogP) is 3.44. The van der Waals surface area contributed by atoms with Crippen LogP contribution >= 0.6 is 0 Å². The van der Waals surface area contributed by atoms with Crippen LogP contribution in [0.15, 0.2) is 146 Å². The molecule has 0 spiro atoms. The standard InChI is InChI=1S/C31H26N6/c1-7-19-32-26(13-1)28-15-3-9-21-34(28)25-35-22-10-4-17-30(35)31-18-6-12-24-37(31)36-23-11-5-16-29(36)27-14-2-8-20-33-27/h1-24H,25H2/q+4. The molecular formula is C31H26N6+4. The summed E-state index contributed by atoms with van der Waals surface area (Å²) in [4.78, 5) is 9.18. The second-order valence-corrected chi connectivity index (χ2v) is 8.54. The van der Waals surface area contributed by atoms with E-state index in [0.29, 0.717) is 6.67 Å². The zero-order valence-electron chi connectivity index (χ0n) is 20.2. The Kier molecular flexibility index (Phi) is 6.20. The molecule has 6 rings (SSSR count). The monoisotopic (exact) mass is 482 g/mol. The number of hydrogen-bond donors (Lipinski definition) is 0. The molecule has 6 heterocycles. The summed E-state index contributed by atoms with van der Waals surface area (Å²) in [6, 6.07) is 36.9. The highest BCUT2D eigenvalue weighted by atomic mass is 15.5. The Balaban J connectivity index is 1.47. The fourth-order valence-corrected chi connectivity index (χ4v) is 4.51. The van der Waals surface area contributed by atoms with E-state index in [9.17, 15) is 0 Å². The van der Waals surface area contributed by atoms with Crippen molar-refractivity contribution in [1.82, 2.24) is 9.97 Å². The van der Waals surface area contributed by atoms with Crippen molar-refractivity contribution < 1.29 is 18.5 Å². The van der Waals surface area contributed by atoms with Crippen molar-refractivity contribution in [1.29, 1.82) is 0 Å². The fraction of sp³-hybridized carbons (Fsp3) is 0.0323. The van der Waals surface area contributed by atoms with Gasteiger partial charge in [0.05, 0.1) is 9.35 Å². The van der Waals surface area contributed by atoms with Gasteiger partial charge < -0.3 is 0 Å². The van der Waals surface area contributed by atoms with Crippen LogP contribution in [0.5, 0.6) is 0 Å². The molecule has 0 aliphatic heterocycles. The Morgan fingerprint density at radius 2 is 0.865 bits per heavy atom. The largest absolute Gasteiger partial charge is 0.347 e. The quantitative estimate of drug-likeness (QED) is 0.341. The van der Waals surface area contributed by atoms with Crippen LogP contribution in [-0.4, -0.2) is 9.97 Å². The van der Waals surface area contributed by atoms with Gasteiger partial charge in [-0.3, -0.25) is 0 Å². The van der Waals surface area contributed by atoms with E-state index in [-0.39, 0.29) is 0 Å². The van der Waals surface area contributed by atoms with E-state index < -0.39 is 0 Å². The zero-order valence-corrected chi connectivity index (χ0v) is 20.2. The second-order valence-electron chi connectivity index (χ2n) is 8.54. The molecule has 6 aromatic rings. The summed E-state index contributed by atoms with van der Waals surface area (Å²) in [6.45, 7) is 0.629. The van der Waals surface area contributed by atoms with Gasteiger partial charge in [0.2, 0.25) is 18.1 Å². The van der Waals surface area contributed by atoms with Crippen LogP contribution in [0.4, 0.5) is 0 Å². The van der Waals surface area contributed by atoms with Gasteiger partial charge in [-0.15, -0.1) is 9.13 Å². The smallest absolute Gasteiger partial charge is 0.250 e. The number of rotatable bonds is 6. The molecule has 0 atom stereocenters. The van der Waals surface area contributed by atoms with Crippen LogP contribution in [-0.2, 0) is 6.67 Å². The van der Waals surface area contributed by atoms with Crippen LogP contribution in [0.2, 0.25) is 0 Å². The summed E-state index contributed by atoms with van der Waals surface area (Å²) in [5, 5.41) is 0. The topological polar surface area (TPSA) is 41.3 Å². The first-order valence-corrected chi connectivity index (χ1v) is 12.2. The van der Waals surface area contributed by atoms with E-state index in [1.807, 2.05) is 73.1 Å². The van der Waals surface area contributed by atoms with Crippen molar-refractivity contribution in [3.8, 4) is 34.2 Å². The maximum atomic E-state index is 4.60. The van der Waals surface area contributed by atoms with Crippen molar-refractivity contribution >= 4 is 0 Å². The first-order chi connectivity index (χ1) is 18.4. The van der Waals surface area contributed by atoms with Gasteiger partial charge in [-0.25, -0.2) is 9.97 Å². The molecule has 0 saturated heterocycles. The summed E-state index contributed by atoms with van der Waals surface area (Å²) in [7, 11) is 0. The molecule has 37 heavy (non-hydrogen) atoms. The maximum absolute atomic E-state index is 4.60. The first kappa shape index (κ1) is 22.4.